The van der Waals surface area contributed by atoms with Gasteiger partial charge in [0.05, 0.1) is 12.2 Å². The van der Waals surface area contributed by atoms with Crippen LogP contribution in [0.4, 0.5) is 0 Å². The van der Waals surface area contributed by atoms with Gasteiger partial charge in [0.1, 0.15) is 0 Å². The van der Waals surface area contributed by atoms with Crippen LogP contribution in [-0.4, -0.2) is 24.6 Å². The predicted molar refractivity (Wildman–Crippen MR) is 72.9 cm³/mol. The third-order valence-electron chi connectivity index (χ3n) is 2.92. The summed E-state index contributed by atoms with van der Waals surface area (Å²) in [5.74, 6) is 0. The highest BCUT2D eigenvalue weighted by Gasteiger charge is 2.21. The maximum atomic E-state index is 6.19. The van der Waals surface area contributed by atoms with Crippen molar-refractivity contribution in [1.82, 2.24) is 0 Å². The molecule has 1 aromatic rings. The molecule has 1 heterocycles. The van der Waals surface area contributed by atoms with E-state index < -0.39 is 0 Å². The van der Waals surface area contributed by atoms with Gasteiger partial charge in [-0.3, -0.25) is 0 Å². The number of halogens is 2. The molecule has 0 bridgehead atoms. The first kappa shape index (κ1) is 13.3. The molecule has 1 aromatic carbocycles. The van der Waals surface area contributed by atoms with Crippen molar-refractivity contribution in [2.24, 2.45) is 0 Å². The van der Waals surface area contributed by atoms with Gasteiger partial charge in [-0.25, -0.2) is 0 Å². The third kappa shape index (κ3) is 3.68. The van der Waals surface area contributed by atoms with Gasteiger partial charge in [-0.05, 0) is 18.9 Å². The highest BCUT2D eigenvalue weighted by atomic mass is 79.9. The Labute approximate surface area is 115 Å². The Morgan fingerprint density at radius 2 is 2.06 bits per heavy atom. The molecule has 1 unspecified atom stereocenters. The lowest BCUT2D eigenvalue weighted by atomic mass is 10.1. The minimum absolute atomic E-state index is 0.0202. The molecule has 17 heavy (non-hydrogen) atoms. The fraction of sp³-hybridized carbons (Fsp3) is 0.538. The molecule has 1 aliphatic rings. The molecular formula is C13H16BrClO2. The summed E-state index contributed by atoms with van der Waals surface area (Å²) in [6.07, 6.45) is 2.23. The molecule has 0 amide bonds. The van der Waals surface area contributed by atoms with Crippen LogP contribution in [0.2, 0.25) is 5.02 Å². The van der Waals surface area contributed by atoms with Crippen molar-refractivity contribution >= 4 is 27.5 Å². The van der Waals surface area contributed by atoms with E-state index in [9.17, 15) is 0 Å². The van der Waals surface area contributed by atoms with Crippen LogP contribution < -0.4 is 0 Å². The molecule has 94 valence electrons. The summed E-state index contributed by atoms with van der Waals surface area (Å²) in [5, 5.41) is 1.53. The monoisotopic (exact) mass is 318 g/mol. The highest BCUT2D eigenvalue weighted by Crippen LogP contribution is 2.29. The topological polar surface area (TPSA) is 18.5 Å². The maximum Gasteiger partial charge on any atom is 0.0939 e. The molecule has 1 fully saturated rings. The molecule has 1 aliphatic heterocycles. The molecule has 0 N–H and O–H groups in total. The van der Waals surface area contributed by atoms with Gasteiger partial charge in [-0.1, -0.05) is 45.7 Å². The summed E-state index contributed by atoms with van der Waals surface area (Å²) < 4.78 is 11.4. The molecule has 0 saturated carbocycles. The Hall–Kier alpha value is -0.0900. The average Bonchev–Trinajstić information content (AvgIpc) is 2.38. The fourth-order valence-electron chi connectivity index (χ4n) is 1.97. The van der Waals surface area contributed by atoms with Gasteiger partial charge < -0.3 is 9.47 Å². The SMILES string of the molecule is Clc1ccccc1C(CBr)OC1CCOCC1. The van der Waals surface area contributed by atoms with E-state index in [1.54, 1.807) is 0 Å². The molecule has 0 aromatic heterocycles. The van der Waals surface area contributed by atoms with Crippen molar-refractivity contribution in [2.75, 3.05) is 18.5 Å². The first-order valence-corrected chi connectivity index (χ1v) is 7.35. The fourth-order valence-corrected chi connectivity index (χ4v) is 2.73. The summed E-state index contributed by atoms with van der Waals surface area (Å²) >= 11 is 9.69. The van der Waals surface area contributed by atoms with Crippen molar-refractivity contribution < 1.29 is 9.47 Å². The number of ether oxygens (including phenoxy) is 2. The number of hydrogen-bond donors (Lipinski definition) is 0. The lowest BCUT2D eigenvalue weighted by Crippen LogP contribution is -2.25. The van der Waals surface area contributed by atoms with Gasteiger partial charge in [0.25, 0.3) is 0 Å². The first-order valence-electron chi connectivity index (χ1n) is 5.85. The van der Waals surface area contributed by atoms with Gasteiger partial charge in [0.2, 0.25) is 0 Å². The van der Waals surface area contributed by atoms with Gasteiger partial charge in [-0.15, -0.1) is 0 Å². The van der Waals surface area contributed by atoms with E-state index in [-0.39, 0.29) is 12.2 Å². The Morgan fingerprint density at radius 1 is 1.35 bits per heavy atom. The third-order valence-corrected chi connectivity index (χ3v) is 3.85. The number of hydrogen-bond acceptors (Lipinski definition) is 2. The van der Waals surface area contributed by atoms with E-state index in [1.807, 2.05) is 24.3 Å². The van der Waals surface area contributed by atoms with Crippen LogP contribution in [0.15, 0.2) is 24.3 Å². The van der Waals surface area contributed by atoms with Crippen molar-refractivity contribution in [3.8, 4) is 0 Å². The predicted octanol–water partition coefficient (Wildman–Crippen LogP) is 3.97. The average molecular weight is 320 g/mol. The second-order valence-electron chi connectivity index (χ2n) is 4.11. The van der Waals surface area contributed by atoms with Crippen molar-refractivity contribution in [3.05, 3.63) is 34.9 Å². The van der Waals surface area contributed by atoms with E-state index in [0.717, 1.165) is 42.0 Å². The Bertz CT molecular complexity index is 353. The van der Waals surface area contributed by atoms with Crippen molar-refractivity contribution in [1.29, 1.82) is 0 Å². The molecule has 0 radical (unpaired) electrons. The van der Waals surface area contributed by atoms with Gasteiger partial charge >= 0.3 is 0 Å². The van der Waals surface area contributed by atoms with E-state index in [4.69, 9.17) is 21.1 Å². The maximum absolute atomic E-state index is 6.19. The van der Waals surface area contributed by atoms with Gasteiger partial charge in [-0.2, -0.15) is 0 Å². The molecule has 2 nitrogen and oxygen atoms in total. The smallest absolute Gasteiger partial charge is 0.0939 e. The minimum atomic E-state index is 0.0202. The van der Waals surface area contributed by atoms with Crippen LogP contribution in [0.1, 0.15) is 24.5 Å². The van der Waals surface area contributed by atoms with E-state index >= 15 is 0 Å². The normalized spacial score (nSPS) is 19.2. The Balaban J connectivity index is 2.03. The minimum Gasteiger partial charge on any atom is -0.381 e. The van der Waals surface area contributed by atoms with Crippen LogP contribution in [0, 0.1) is 0 Å². The Kier molecular flexibility index (Phi) is 5.29. The summed E-state index contributed by atoms with van der Waals surface area (Å²) in [7, 11) is 0. The van der Waals surface area contributed by atoms with E-state index in [2.05, 4.69) is 15.9 Å². The summed E-state index contributed by atoms with van der Waals surface area (Å²) in [4.78, 5) is 0. The number of alkyl halides is 1. The molecule has 2 rings (SSSR count). The lowest BCUT2D eigenvalue weighted by Gasteiger charge is -2.27. The zero-order chi connectivity index (χ0) is 12.1. The molecular weight excluding hydrogens is 303 g/mol. The van der Waals surface area contributed by atoms with Crippen LogP contribution in [0.3, 0.4) is 0 Å². The van der Waals surface area contributed by atoms with E-state index in [0.29, 0.717) is 0 Å². The number of benzene rings is 1. The second-order valence-corrected chi connectivity index (χ2v) is 5.17. The summed E-state index contributed by atoms with van der Waals surface area (Å²) in [6, 6.07) is 7.85. The van der Waals surface area contributed by atoms with Crippen LogP contribution in [0.25, 0.3) is 0 Å². The standard InChI is InChI=1S/C13H16BrClO2/c14-9-13(11-3-1-2-4-12(11)15)17-10-5-7-16-8-6-10/h1-4,10,13H,5-9H2. The summed E-state index contributed by atoms with van der Waals surface area (Å²) in [6.45, 7) is 1.59. The largest absolute Gasteiger partial charge is 0.381 e. The number of rotatable bonds is 4. The highest BCUT2D eigenvalue weighted by molar-refractivity contribution is 9.09. The molecule has 0 aliphatic carbocycles. The molecule has 0 spiro atoms. The molecule has 1 saturated heterocycles. The van der Waals surface area contributed by atoms with Crippen molar-refractivity contribution in [3.63, 3.8) is 0 Å². The first-order chi connectivity index (χ1) is 8.31. The van der Waals surface area contributed by atoms with Crippen LogP contribution in [0.5, 0.6) is 0 Å². The van der Waals surface area contributed by atoms with Gasteiger partial charge in [0.15, 0.2) is 0 Å². The zero-order valence-electron chi connectivity index (χ0n) is 9.57. The summed E-state index contributed by atoms with van der Waals surface area (Å²) in [5.41, 5.74) is 1.05. The second kappa shape index (κ2) is 6.74. The Morgan fingerprint density at radius 3 is 2.71 bits per heavy atom. The van der Waals surface area contributed by atoms with Crippen LogP contribution >= 0.6 is 27.5 Å². The molecule has 4 heteroatoms. The van der Waals surface area contributed by atoms with Crippen LogP contribution in [-0.2, 0) is 9.47 Å². The molecule has 1 atom stereocenters. The quantitative estimate of drug-likeness (QED) is 0.782. The van der Waals surface area contributed by atoms with Crippen molar-refractivity contribution in [2.45, 2.75) is 25.0 Å². The van der Waals surface area contributed by atoms with E-state index in [1.165, 1.54) is 0 Å². The van der Waals surface area contributed by atoms with Gasteiger partial charge in [0, 0.05) is 29.1 Å². The lowest BCUT2D eigenvalue weighted by molar-refractivity contribution is -0.0616. The zero-order valence-corrected chi connectivity index (χ0v) is 11.9.